The molecule has 15 heavy (non-hydrogen) atoms. The Morgan fingerprint density at radius 3 is 2.93 bits per heavy atom. The molecule has 3 heteroatoms. The maximum Gasteiger partial charge on any atom is 0.260 e. The number of aryl methyl sites for hydroxylation is 1. The minimum Gasteiger partial charge on any atom is -0.334 e. The normalized spacial score (nSPS) is 17.6. The molecular formula is C12H11N3. The molecule has 0 N–H and O–H groups in total. The molecule has 0 aliphatic heterocycles. The predicted octanol–water partition coefficient (Wildman–Crippen LogP) is 2.48. The molecule has 1 aromatic carbocycles. The maximum atomic E-state index is 7.28. The predicted molar refractivity (Wildman–Crippen MR) is 58.2 cm³/mol. The Labute approximate surface area is 88.2 Å². The summed E-state index contributed by atoms with van der Waals surface area (Å²) in [6, 6.07) is 6.11. The van der Waals surface area contributed by atoms with E-state index in [0.717, 1.165) is 29.4 Å². The van der Waals surface area contributed by atoms with Crippen LogP contribution in [0.5, 0.6) is 0 Å². The second kappa shape index (κ2) is 2.60. The summed E-state index contributed by atoms with van der Waals surface area (Å²) < 4.78 is 2.00. The zero-order valence-corrected chi connectivity index (χ0v) is 8.57. The van der Waals surface area contributed by atoms with Crippen LogP contribution in [0.4, 0.5) is 0 Å². The minimum atomic E-state index is -0.256. The van der Waals surface area contributed by atoms with Gasteiger partial charge in [-0.3, -0.25) is 0 Å². The molecule has 1 saturated carbocycles. The lowest BCUT2D eigenvalue weighted by molar-refractivity contribution is 0.892. The van der Waals surface area contributed by atoms with Gasteiger partial charge in [0.1, 0.15) is 0 Å². The summed E-state index contributed by atoms with van der Waals surface area (Å²) in [4.78, 5) is 8.15. The third-order valence-corrected chi connectivity index (χ3v) is 3.19. The van der Waals surface area contributed by atoms with Crippen molar-refractivity contribution in [2.75, 3.05) is 0 Å². The first-order chi connectivity index (χ1) is 7.27. The second-order valence-electron chi connectivity index (χ2n) is 4.17. The van der Waals surface area contributed by atoms with E-state index in [0.29, 0.717) is 0 Å². The highest BCUT2D eigenvalue weighted by Gasteiger charge is 2.53. The molecule has 0 bridgehead atoms. The van der Waals surface area contributed by atoms with Gasteiger partial charge in [0.05, 0.1) is 22.9 Å². The van der Waals surface area contributed by atoms with Crippen LogP contribution in [0, 0.1) is 6.57 Å². The fourth-order valence-electron chi connectivity index (χ4n) is 2.09. The van der Waals surface area contributed by atoms with Crippen LogP contribution in [0.1, 0.15) is 18.4 Å². The molecule has 1 aromatic heterocycles. The lowest BCUT2D eigenvalue weighted by atomic mass is 10.0. The third-order valence-electron chi connectivity index (χ3n) is 3.19. The first-order valence-corrected chi connectivity index (χ1v) is 5.06. The summed E-state index contributed by atoms with van der Waals surface area (Å²) >= 11 is 0. The molecule has 0 saturated heterocycles. The van der Waals surface area contributed by atoms with E-state index < -0.39 is 0 Å². The molecule has 1 aliphatic rings. The maximum absolute atomic E-state index is 7.28. The number of para-hydroxylation sites is 1. The average Bonchev–Trinajstić information content (AvgIpc) is 2.98. The van der Waals surface area contributed by atoms with E-state index in [1.165, 1.54) is 0 Å². The van der Waals surface area contributed by atoms with Gasteiger partial charge in [-0.2, -0.15) is 0 Å². The van der Waals surface area contributed by atoms with E-state index in [1.807, 2.05) is 36.1 Å². The Morgan fingerprint density at radius 1 is 1.47 bits per heavy atom. The van der Waals surface area contributed by atoms with Crippen LogP contribution in [0.2, 0.25) is 0 Å². The van der Waals surface area contributed by atoms with Crippen molar-refractivity contribution in [3.05, 3.63) is 41.5 Å². The fraction of sp³-hybridized carbons (Fsp3) is 0.333. The van der Waals surface area contributed by atoms with Crippen LogP contribution in [0.3, 0.4) is 0 Å². The van der Waals surface area contributed by atoms with E-state index in [-0.39, 0.29) is 5.54 Å². The van der Waals surface area contributed by atoms with Crippen LogP contribution >= 0.6 is 0 Å². The van der Waals surface area contributed by atoms with Gasteiger partial charge in [0.2, 0.25) is 0 Å². The minimum absolute atomic E-state index is 0.256. The van der Waals surface area contributed by atoms with Gasteiger partial charge in [0, 0.05) is 19.9 Å². The summed E-state index contributed by atoms with van der Waals surface area (Å²) in [6.07, 6.45) is 3.77. The van der Waals surface area contributed by atoms with Crippen molar-refractivity contribution in [2.24, 2.45) is 7.05 Å². The van der Waals surface area contributed by atoms with Gasteiger partial charge in [-0.15, -0.1) is 0 Å². The first-order valence-electron chi connectivity index (χ1n) is 5.06. The Bertz CT molecular complexity index is 570. The summed E-state index contributed by atoms with van der Waals surface area (Å²) in [5, 5.41) is 0. The number of rotatable bonds is 1. The zero-order valence-electron chi connectivity index (χ0n) is 8.57. The van der Waals surface area contributed by atoms with Crippen LogP contribution < -0.4 is 0 Å². The number of benzene rings is 1. The molecule has 0 unspecified atom stereocenters. The summed E-state index contributed by atoms with van der Waals surface area (Å²) in [7, 11) is 1.98. The highest BCUT2D eigenvalue weighted by atomic mass is 15.0. The topological polar surface area (TPSA) is 22.2 Å². The molecule has 1 aliphatic carbocycles. The molecule has 1 heterocycles. The van der Waals surface area contributed by atoms with Gasteiger partial charge < -0.3 is 9.41 Å². The van der Waals surface area contributed by atoms with Crippen LogP contribution in [-0.2, 0) is 12.6 Å². The standard InChI is InChI=1S/C12H11N3/c1-13-12(6-7-12)9-4-3-5-10-11(9)14-8-15(10)2/h3-5,8H,6-7H2,2H3. The molecule has 2 aromatic rings. The fourth-order valence-corrected chi connectivity index (χ4v) is 2.09. The largest absolute Gasteiger partial charge is 0.334 e. The molecule has 0 atom stereocenters. The SMILES string of the molecule is [C-]#[N+]C1(c2cccc3c2ncn3C)CC1. The van der Waals surface area contributed by atoms with Crippen molar-refractivity contribution in [1.29, 1.82) is 0 Å². The Kier molecular flexibility index (Phi) is 1.47. The molecule has 74 valence electrons. The highest BCUT2D eigenvalue weighted by molar-refractivity contribution is 5.81. The van der Waals surface area contributed by atoms with Crippen molar-refractivity contribution < 1.29 is 0 Å². The molecule has 1 fully saturated rings. The van der Waals surface area contributed by atoms with E-state index in [4.69, 9.17) is 6.57 Å². The number of imidazole rings is 1. The Hall–Kier alpha value is -1.82. The highest BCUT2D eigenvalue weighted by Crippen LogP contribution is 2.51. The van der Waals surface area contributed by atoms with E-state index in [9.17, 15) is 0 Å². The lowest BCUT2D eigenvalue weighted by Gasteiger charge is -2.03. The number of hydrogen-bond acceptors (Lipinski definition) is 1. The van der Waals surface area contributed by atoms with E-state index >= 15 is 0 Å². The molecule has 0 radical (unpaired) electrons. The Morgan fingerprint density at radius 2 is 2.27 bits per heavy atom. The summed E-state index contributed by atoms with van der Waals surface area (Å²) in [5.41, 5.74) is 2.96. The summed E-state index contributed by atoms with van der Waals surface area (Å²) in [6.45, 7) is 7.28. The average molecular weight is 197 g/mol. The molecular weight excluding hydrogens is 186 g/mol. The molecule has 3 rings (SSSR count). The monoisotopic (exact) mass is 197 g/mol. The number of aromatic nitrogens is 2. The van der Waals surface area contributed by atoms with Crippen molar-refractivity contribution in [1.82, 2.24) is 9.55 Å². The lowest BCUT2D eigenvalue weighted by Crippen LogP contribution is -2.00. The quantitative estimate of drug-likeness (QED) is 0.644. The van der Waals surface area contributed by atoms with Gasteiger partial charge in [0.25, 0.3) is 5.54 Å². The number of fused-ring (bicyclic) bond motifs is 1. The van der Waals surface area contributed by atoms with Gasteiger partial charge in [-0.05, 0) is 12.1 Å². The molecule has 0 amide bonds. The van der Waals surface area contributed by atoms with Crippen molar-refractivity contribution in [2.45, 2.75) is 18.4 Å². The van der Waals surface area contributed by atoms with E-state index in [1.54, 1.807) is 0 Å². The summed E-state index contributed by atoms with van der Waals surface area (Å²) in [5.74, 6) is 0. The zero-order chi connectivity index (χ0) is 10.5. The van der Waals surface area contributed by atoms with Crippen molar-refractivity contribution >= 4 is 11.0 Å². The first kappa shape index (κ1) is 8.49. The number of hydrogen-bond donors (Lipinski definition) is 0. The van der Waals surface area contributed by atoms with Crippen LogP contribution in [-0.4, -0.2) is 9.55 Å². The van der Waals surface area contributed by atoms with Crippen molar-refractivity contribution in [3.8, 4) is 0 Å². The smallest absolute Gasteiger partial charge is 0.260 e. The third kappa shape index (κ3) is 1.02. The van der Waals surface area contributed by atoms with Gasteiger partial charge in [-0.25, -0.2) is 11.6 Å². The van der Waals surface area contributed by atoms with Gasteiger partial charge in [-0.1, -0.05) is 6.07 Å². The molecule has 0 spiro atoms. The number of nitrogens with zero attached hydrogens (tertiary/aromatic N) is 3. The van der Waals surface area contributed by atoms with Gasteiger partial charge in [0.15, 0.2) is 0 Å². The second-order valence-corrected chi connectivity index (χ2v) is 4.17. The Balaban J connectivity index is 2.33. The van der Waals surface area contributed by atoms with Crippen molar-refractivity contribution in [3.63, 3.8) is 0 Å². The van der Waals surface area contributed by atoms with Crippen LogP contribution in [0.15, 0.2) is 24.5 Å². The van der Waals surface area contributed by atoms with Crippen LogP contribution in [0.25, 0.3) is 15.9 Å². The molecule has 3 nitrogen and oxygen atoms in total. The van der Waals surface area contributed by atoms with Gasteiger partial charge >= 0.3 is 0 Å². The van der Waals surface area contributed by atoms with E-state index in [2.05, 4.69) is 9.83 Å².